The quantitative estimate of drug-likeness (QED) is 0.849. The molecule has 0 aromatic heterocycles. The summed E-state index contributed by atoms with van der Waals surface area (Å²) in [5, 5.41) is 18.9. The number of phenols is 1. The van der Waals surface area contributed by atoms with Crippen molar-refractivity contribution in [2.45, 2.75) is 19.1 Å². The van der Waals surface area contributed by atoms with Gasteiger partial charge in [-0.05, 0) is 25.1 Å². The first-order valence-corrected chi connectivity index (χ1v) is 6.47. The molecule has 1 saturated heterocycles. The summed E-state index contributed by atoms with van der Waals surface area (Å²) in [7, 11) is 1.45. The van der Waals surface area contributed by atoms with Crippen LogP contribution in [0.15, 0.2) is 18.2 Å². The molecule has 1 aromatic rings. The van der Waals surface area contributed by atoms with Crippen molar-refractivity contribution >= 4 is 5.91 Å². The van der Waals surface area contributed by atoms with E-state index in [9.17, 15) is 9.90 Å². The van der Waals surface area contributed by atoms with Crippen LogP contribution in [0.4, 0.5) is 0 Å². The molecule has 110 valence electrons. The second-order valence-electron chi connectivity index (χ2n) is 4.83. The highest BCUT2D eigenvalue weighted by Crippen LogP contribution is 2.27. The molecule has 2 N–H and O–H groups in total. The topological polar surface area (TPSA) is 79.2 Å². The van der Waals surface area contributed by atoms with E-state index in [1.54, 1.807) is 17.0 Å². The number of ether oxygens (including phenoxy) is 2. The van der Waals surface area contributed by atoms with Gasteiger partial charge in [0.15, 0.2) is 11.5 Å². The van der Waals surface area contributed by atoms with Gasteiger partial charge in [0.05, 0.1) is 32.5 Å². The molecule has 0 aliphatic carbocycles. The number of phenolic OH excluding ortho intramolecular Hbond substituents is 1. The maximum Gasteiger partial charge on any atom is 0.254 e. The van der Waals surface area contributed by atoms with Crippen molar-refractivity contribution in [1.82, 2.24) is 4.90 Å². The van der Waals surface area contributed by atoms with E-state index >= 15 is 0 Å². The van der Waals surface area contributed by atoms with E-state index in [1.165, 1.54) is 13.2 Å². The average molecular weight is 281 g/mol. The lowest BCUT2D eigenvalue weighted by atomic mass is 10.1. The minimum atomic E-state index is -0.359. The van der Waals surface area contributed by atoms with E-state index < -0.39 is 0 Å². The monoisotopic (exact) mass is 281 g/mol. The number of carbonyl (C=O) groups is 1. The fourth-order valence-electron chi connectivity index (χ4n) is 2.20. The summed E-state index contributed by atoms with van der Waals surface area (Å²) in [5.41, 5.74) is 0.383. The van der Waals surface area contributed by atoms with Gasteiger partial charge in [0.1, 0.15) is 0 Å². The maximum atomic E-state index is 12.5. The Morgan fingerprint density at radius 2 is 2.30 bits per heavy atom. The van der Waals surface area contributed by atoms with Crippen molar-refractivity contribution in [2.24, 2.45) is 0 Å². The first kappa shape index (κ1) is 14.6. The first-order valence-electron chi connectivity index (χ1n) is 6.47. The van der Waals surface area contributed by atoms with Crippen LogP contribution in [-0.2, 0) is 4.74 Å². The number of methoxy groups -OCH3 is 1. The van der Waals surface area contributed by atoms with Gasteiger partial charge >= 0.3 is 0 Å². The van der Waals surface area contributed by atoms with Gasteiger partial charge in [0.25, 0.3) is 5.91 Å². The number of morpholine rings is 1. The zero-order chi connectivity index (χ0) is 14.7. The lowest BCUT2D eigenvalue weighted by Crippen LogP contribution is -2.52. The number of hydrogen-bond donors (Lipinski definition) is 2. The van der Waals surface area contributed by atoms with Crippen LogP contribution in [0.1, 0.15) is 17.3 Å². The molecule has 0 spiro atoms. The predicted octanol–water partition coefficient (Wildman–Crippen LogP) is 0.623. The fraction of sp³-hybridized carbons (Fsp3) is 0.500. The molecule has 1 aliphatic rings. The molecule has 6 nitrogen and oxygen atoms in total. The summed E-state index contributed by atoms with van der Waals surface area (Å²) in [6.45, 7) is 2.49. The summed E-state index contributed by atoms with van der Waals surface area (Å²) >= 11 is 0. The molecular formula is C14H19NO5. The number of aromatic hydroxyl groups is 1. The molecule has 1 heterocycles. The van der Waals surface area contributed by atoms with Gasteiger partial charge in [-0.3, -0.25) is 4.79 Å². The Morgan fingerprint density at radius 3 is 2.90 bits per heavy atom. The Hall–Kier alpha value is -1.79. The largest absolute Gasteiger partial charge is 0.504 e. The first-order chi connectivity index (χ1) is 9.56. The molecule has 20 heavy (non-hydrogen) atoms. The van der Waals surface area contributed by atoms with E-state index in [-0.39, 0.29) is 30.4 Å². The number of benzene rings is 1. The molecule has 1 aromatic carbocycles. The van der Waals surface area contributed by atoms with Crippen molar-refractivity contribution < 1.29 is 24.5 Å². The van der Waals surface area contributed by atoms with E-state index in [0.29, 0.717) is 24.5 Å². The number of carbonyl (C=O) groups excluding carboxylic acids is 1. The second kappa shape index (κ2) is 6.11. The van der Waals surface area contributed by atoms with Crippen LogP contribution in [0, 0.1) is 0 Å². The van der Waals surface area contributed by atoms with E-state index in [0.717, 1.165) is 0 Å². The van der Waals surface area contributed by atoms with Gasteiger partial charge in [-0.25, -0.2) is 0 Å². The Balaban J connectivity index is 2.19. The summed E-state index contributed by atoms with van der Waals surface area (Å²) < 4.78 is 10.4. The van der Waals surface area contributed by atoms with Crippen molar-refractivity contribution in [1.29, 1.82) is 0 Å². The lowest BCUT2D eigenvalue weighted by molar-refractivity contribution is -0.0667. The molecule has 1 aliphatic heterocycles. The van der Waals surface area contributed by atoms with Crippen LogP contribution >= 0.6 is 0 Å². The highest BCUT2D eigenvalue weighted by Gasteiger charge is 2.30. The van der Waals surface area contributed by atoms with Crippen LogP contribution in [0.3, 0.4) is 0 Å². The molecule has 2 atom stereocenters. The van der Waals surface area contributed by atoms with Gasteiger partial charge in [0.2, 0.25) is 0 Å². The van der Waals surface area contributed by atoms with Gasteiger partial charge in [0, 0.05) is 12.1 Å². The average Bonchev–Trinajstić information content (AvgIpc) is 2.47. The summed E-state index contributed by atoms with van der Waals surface area (Å²) in [5.74, 6) is 0.0555. The molecule has 0 saturated carbocycles. The number of aliphatic hydroxyl groups excluding tert-OH is 1. The summed E-state index contributed by atoms with van der Waals surface area (Å²) in [4.78, 5) is 14.1. The third kappa shape index (κ3) is 2.86. The van der Waals surface area contributed by atoms with Crippen LogP contribution < -0.4 is 4.74 Å². The third-order valence-corrected chi connectivity index (χ3v) is 3.40. The van der Waals surface area contributed by atoms with E-state index in [1.807, 2.05) is 6.92 Å². The minimum absolute atomic E-state index is 0.0713. The molecule has 1 amide bonds. The minimum Gasteiger partial charge on any atom is -0.504 e. The highest BCUT2D eigenvalue weighted by molar-refractivity contribution is 5.95. The molecular weight excluding hydrogens is 262 g/mol. The second-order valence-corrected chi connectivity index (χ2v) is 4.83. The Labute approximate surface area is 117 Å². The Kier molecular flexibility index (Phi) is 4.46. The van der Waals surface area contributed by atoms with Gasteiger partial charge < -0.3 is 24.6 Å². The highest BCUT2D eigenvalue weighted by atomic mass is 16.5. The van der Waals surface area contributed by atoms with Crippen molar-refractivity contribution in [2.75, 3.05) is 26.9 Å². The third-order valence-electron chi connectivity index (χ3n) is 3.40. The standard InChI is InChI=1S/C14H19NO5/c1-9-8-20-11(7-16)6-15(9)14(18)10-3-4-13(19-2)12(17)5-10/h3-5,9,11,16-17H,6-8H2,1-2H3. The summed E-state index contributed by atoms with van der Waals surface area (Å²) in [6.07, 6.45) is -0.359. The van der Waals surface area contributed by atoms with Crippen molar-refractivity contribution in [3.63, 3.8) is 0 Å². The zero-order valence-corrected chi connectivity index (χ0v) is 11.6. The van der Waals surface area contributed by atoms with Crippen LogP contribution in [-0.4, -0.2) is 60.0 Å². The number of rotatable bonds is 3. The van der Waals surface area contributed by atoms with Gasteiger partial charge in [-0.1, -0.05) is 0 Å². The summed E-state index contributed by atoms with van der Waals surface area (Å²) in [6, 6.07) is 4.47. The van der Waals surface area contributed by atoms with Crippen molar-refractivity contribution in [3.8, 4) is 11.5 Å². The molecule has 1 fully saturated rings. The number of hydrogen-bond acceptors (Lipinski definition) is 5. The van der Waals surface area contributed by atoms with Gasteiger partial charge in [-0.15, -0.1) is 0 Å². The number of aliphatic hydroxyl groups is 1. The zero-order valence-electron chi connectivity index (χ0n) is 11.6. The molecule has 6 heteroatoms. The Bertz CT molecular complexity index is 490. The Morgan fingerprint density at radius 1 is 1.55 bits per heavy atom. The normalized spacial score (nSPS) is 22.6. The van der Waals surface area contributed by atoms with E-state index in [2.05, 4.69) is 0 Å². The molecule has 2 unspecified atom stereocenters. The molecule has 2 rings (SSSR count). The van der Waals surface area contributed by atoms with Crippen LogP contribution in [0.25, 0.3) is 0 Å². The van der Waals surface area contributed by atoms with Crippen molar-refractivity contribution in [3.05, 3.63) is 23.8 Å². The predicted molar refractivity (Wildman–Crippen MR) is 72.0 cm³/mol. The number of amides is 1. The lowest BCUT2D eigenvalue weighted by Gasteiger charge is -2.37. The molecule has 0 radical (unpaired) electrons. The molecule has 0 bridgehead atoms. The van der Waals surface area contributed by atoms with E-state index in [4.69, 9.17) is 14.6 Å². The SMILES string of the molecule is COc1ccc(C(=O)N2CC(CO)OCC2C)cc1O. The fourth-order valence-corrected chi connectivity index (χ4v) is 2.20. The van der Waals surface area contributed by atoms with Crippen LogP contribution in [0.5, 0.6) is 11.5 Å². The number of nitrogens with zero attached hydrogens (tertiary/aromatic N) is 1. The van der Waals surface area contributed by atoms with Gasteiger partial charge in [-0.2, -0.15) is 0 Å². The maximum absolute atomic E-state index is 12.5. The van der Waals surface area contributed by atoms with Crippen LogP contribution in [0.2, 0.25) is 0 Å². The smallest absolute Gasteiger partial charge is 0.254 e.